The van der Waals surface area contributed by atoms with Crippen LogP contribution in [0, 0.1) is 23.6 Å². The summed E-state index contributed by atoms with van der Waals surface area (Å²) >= 11 is 0. The van der Waals surface area contributed by atoms with Crippen molar-refractivity contribution in [2.75, 3.05) is 17.1 Å². The van der Waals surface area contributed by atoms with Gasteiger partial charge in [0.15, 0.2) is 0 Å². The van der Waals surface area contributed by atoms with Gasteiger partial charge in [-0.1, -0.05) is 11.8 Å². The summed E-state index contributed by atoms with van der Waals surface area (Å²) in [4.78, 5) is 0. The van der Waals surface area contributed by atoms with E-state index in [4.69, 9.17) is 5.11 Å². The standard InChI is InChI=1S/C13H14FNO3S/c14-13-8-12(6-5-11(13)2-1-7-16)15-19(17,18)9-10-3-4-10/h5-6,8,10,15-16H,3-4,7,9H2. The van der Waals surface area contributed by atoms with Crippen molar-refractivity contribution in [3.8, 4) is 11.8 Å². The Kier molecular flexibility index (Phi) is 4.08. The summed E-state index contributed by atoms with van der Waals surface area (Å²) in [5, 5.41) is 8.53. The first-order chi connectivity index (χ1) is 9.00. The third-order valence-electron chi connectivity index (χ3n) is 2.70. The molecule has 102 valence electrons. The van der Waals surface area contributed by atoms with E-state index in [2.05, 4.69) is 16.6 Å². The second-order valence-electron chi connectivity index (χ2n) is 4.48. The number of aliphatic hydroxyl groups excluding tert-OH is 1. The number of sulfonamides is 1. The summed E-state index contributed by atoms with van der Waals surface area (Å²) in [7, 11) is -3.41. The summed E-state index contributed by atoms with van der Waals surface area (Å²) in [5.41, 5.74) is 0.312. The van der Waals surface area contributed by atoms with Crippen LogP contribution in [0.4, 0.5) is 10.1 Å². The molecule has 1 aromatic carbocycles. The Morgan fingerprint density at radius 1 is 1.42 bits per heavy atom. The monoisotopic (exact) mass is 283 g/mol. The quantitative estimate of drug-likeness (QED) is 0.819. The third kappa shape index (κ3) is 4.23. The average Bonchev–Trinajstić information content (AvgIpc) is 3.10. The zero-order chi connectivity index (χ0) is 13.9. The van der Waals surface area contributed by atoms with Crippen molar-refractivity contribution >= 4 is 15.7 Å². The van der Waals surface area contributed by atoms with E-state index in [9.17, 15) is 12.8 Å². The van der Waals surface area contributed by atoms with Gasteiger partial charge in [-0.25, -0.2) is 12.8 Å². The molecule has 1 aromatic rings. The first kappa shape index (κ1) is 13.8. The van der Waals surface area contributed by atoms with Gasteiger partial charge in [0, 0.05) is 0 Å². The third-order valence-corrected chi connectivity index (χ3v) is 4.15. The summed E-state index contributed by atoms with van der Waals surface area (Å²) in [6.45, 7) is -0.352. The van der Waals surface area contributed by atoms with E-state index in [1.165, 1.54) is 12.1 Å². The highest BCUT2D eigenvalue weighted by Crippen LogP contribution is 2.30. The molecule has 0 aliphatic heterocycles. The molecule has 1 aliphatic rings. The molecule has 1 saturated carbocycles. The molecular weight excluding hydrogens is 269 g/mol. The van der Waals surface area contributed by atoms with Crippen LogP contribution in [0.15, 0.2) is 18.2 Å². The minimum absolute atomic E-state index is 0.0840. The lowest BCUT2D eigenvalue weighted by Gasteiger charge is -2.07. The molecule has 0 spiro atoms. The molecule has 0 unspecified atom stereocenters. The Bertz CT molecular complexity index is 627. The largest absolute Gasteiger partial charge is 0.384 e. The molecule has 4 nitrogen and oxygen atoms in total. The van der Waals surface area contributed by atoms with Gasteiger partial charge in [-0.15, -0.1) is 0 Å². The van der Waals surface area contributed by atoms with E-state index in [-0.39, 0.29) is 29.5 Å². The predicted octanol–water partition coefficient (Wildman–Crippen LogP) is 1.32. The molecule has 0 atom stereocenters. The molecule has 19 heavy (non-hydrogen) atoms. The SMILES string of the molecule is O=S(=O)(CC1CC1)Nc1ccc(C#CCO)c(F)c1. The van der Waals surface area contributed by atoms with Crippen molar-refractivity contribution < 1.29 is 17.9 Å². The molecule has 2 rings (SSSR count). The molecule has 0 heterocycles. The number of nitrogens with one attached hydrogen (secondary N) is 1. The normalized spacial score (nSPS) is 14.6. The van der Waals surface area contributed by atoms with Crippen molar-refractivity contribution in [3.63, 3.8) is 0 Å². The molecule has 0 aromatic heterocycles. The Hall–Kier alpha value is -1.58. The molecule has 2 N–H and O–H groups in total. The van der Waals surface area contributed by atoms with E-state index < -0.39 is 15.8 Å². The minimum atomic E-state index is -3.41. The van der Waals surface area contributed by atoms with Crippen LogP contribution in [0.25, 0.3) is 0 Å². The molecule has 6 heteroatoms. The lowest BCUT2D eigenvalue weighted by molar-refractivity contribution is 0.350. The molecule has 0 amide bonds. The van der Waals surface area contributed by atoms with Crippen LogP contribution < -0.4 is 4.72 Å². The van der Waals surface area contributed by atoms with Crippen LogP contribution in [0.3, 0.4) is 0 Å². The Morgan fingerprint density at radius 3 is 2.74 bits per heavy atom. The average molecular weight is 283 g/mol. The summed E-state index contributed by atoms with van der Waals surface area (Å²) in [6.07, 6.45) is 1.87. The number of benzene rings is 1. The van der Waals surface area contributed by atoms with Crippen molar-refractivity contribution in [2.24, 2.45) is 5.92 Å². The maximum atomic E-state index is 13.6. The number of anilines is 1. The first-order valence-electron chi connectivity index (χ1n) is 5.90. The van der Waals surface area contributed by atoms with Gasteiger partial charge in [0.05, 0.1) is 17.0 Å². The van der Waals surface area contributed by atoms with Crippen molar-refractivity contribution in [2.45, 2.75) is 12.8 Å². The number of hydrogen-bond donors (Lipinski definition) is 2. The van der Waals surface area contributed by atoms with Crippen molar-refractivity contribution in [1.82, 2.24) is 0 Å². The fourth-order valence-corrected chi connectivity index (χ4v) is 3.15. The Morgan fingerprint density at radius 2 is 2.16 bits per heavy atom. The van der Waals surface area contributed by atoms with Crippen LogP contribution >= 0.6 is 0 Å². The van der Waals surface area contributed by atoms with E-state index in [1.807, 2.05) is 0 Å². The van der Waals surface area contributed by atoms with Crippen LogP contribution in [-0.4, -0.2) is 25.9 Å². The van der Waals surface area contributed by atoms with Crippen LogP contribution in [0.5, 0.6) is 0 Å². The summed E-state index contributed by atoms with van der Waals surface area (Å²) in [6, 6.07) is 3.92. The molecule has 1 aliphatic carbocycles. The molecule has 0 saturated heterocycles. The minimum Gasteiger partial charge on any atom is -0.384 e. The second kappa shape index (κ2) is 5.59. The number of hydrogen-bond acceptors (Lipinski definition) is 3. The maximum Gasteiger partial charge on any atom is 0.232 e. The molecule has 1 fully saturated rings. The number of aliphatic hydroxyl groups is 1. The fourth-order valence-electron chi connectivity index (χ4n) is 1.63. The van der Waals surface area contributed by atoms with Gasteiger partial charge < -0.3 is 5.11 Å². The second-order valence-corrected chi connectivity index (χ2v) is 6.25. The van der Waals surface area contributed by atoms with Crippen LogP contribution in [0.1, 0.15) is 18.4 Å². The highest BCUT2D eigenvalue weighted by molar-refractivity contribution is 7.92. The van der Waals surface area contributed by atoms with Gasteiger partial charge >= 0.3 is 0 Å². The topological polar surface area (TPSA) is 66.4 Å². The number of halogens is 1. The Labute approximate surface area is 111 Å². The highest BCUT2D eigenvalue weighted by Gasteiger charge is 2.28. The van der Waals surface area contributed by atoms with Gasteiger partial charge in [0.2, 0.25) is 10.0 Å². The highest BCUT2D eigenvalue weighted by atomic mass is 32.2. The lowest BCUT2D eigenvalue weighted by atomic mass is 10.2. The zero-order valence-electron chi connectivity index (χ0n) is 10.2. The first-order valence-corrected chi connectivity index (χ1v) is 7.55. The lowest BCUT2D eigenvalue weighted by Crippen LogP contribution is -2.17. The van der Waals surface area contributed by atoms with E-state index in [0.717, 1.165) is 18.9 Å². The summed E-state index contributed by atoms with van der Waals surface area (Å²) < 4.78 is 39.4. The van der Waals surface area contributed by atoms with Crippen molar-refractivity contribution in [3.05, 3.63) is 29.6 Å². The predicted molar refractivity (Wildman–Crippen MR) is 70.5 cm³/mol. The number of rotatable bonds is 4. The van der Waals surface area contributed by atoms with E-state index >= 15 is 0 Å². The molecule has 0 radical (unpaired) electrons. The van der Waals surface area contributed by atoms with E-state index in [1.54, 1.807) is 0 Å². The zero-order valence-corrected chi connectivity index (χ0v) is 11.0. The molecular formula is C13H14FNO3S. The molecule has 0 bridgehead atoms. The van der Waals surface area contributed by atoms with Gasteiger partial charge in [-0.05, 0) is 37.0 Å². The summed E-state index contributed by atoms with van der Waals surface area (Å²) in [5.74, 6) is 4.48. The van der Waals surface area contributed by atoms with Crippen LogP contribution in [-0.2, 0) is 10.0 Å². The van der Waals surface area contributed by atoms with Gasteiger partial charge in [0.25, 0.3) is 0 Å². The van der Waals surface area contributed by atoms with Crippen molar-refractivity contribution in [1.29, 1.82) is 0 Å². The fraction of sp³-hybridized carbons (Fsp3) is 0.385. The van der Waals surface area contributed by atoms with Crippen LogP contribution in [0.2, 0.25) is 0 Å². The van der Waals surface area contributed by atoms with Gasteiger partial charge in [-0.3, -0.25) is 4.72 Å². The van der Waals surface area contributed by atoms with E-state index in [0.29, 0.717) is 0 Å². The van der Waals surface area contributed by atoms with Gasteiger partial charge in [-0.2, -0.15) is 0 Å². The maximum absolute atomic E-state index is 13.6. The smallest absolute Gasteiger partial charge is 0.232 e. The Balaban J connectivity index is 2.11. The van der Waals surface area contributed by atoms with Gasteiger partial charge in [0.1, 0.15) is 12.4 Å².